The molecule has 0 aliphatic carbocycles. The second-order valence-corrected chi connectivity index (χ2v) is 10.4. The zero-order valence-electron chi connectivity index (χ0n) is 12.7. The molecule has 0 aliphatic heterocycles. The van der Waals surface area contributed by atoms with E-state index in [1.807, 2.05) is 41.5 Å². The van der Waals surface area contributed by atoms with Gasteiger partial charge in [0.25, 0.3) is 0 Å². The van der Waals surface area contributed by atoms with Crippen molar-refractivity contribution in [2.45, 2.75) is 56.8 Å². The summed E-state index contributed by atoms with van der Waals surface area (Å²) in [6.07, 6.45) is 0. The highest BCUT2D eigenvalue weighted by Crippen LogP contribution is 2.54. The van der Waals surface area contributed by atoms with Gasteiger partial charge >= 0.3 is 7.82 Å². The first-order valence-electron chi connectivity index (χ1n) is 6.18. The average Bonchev–Trinajstić information content (AvgIpc) is 2.20. The van der Waals surface area contributed by atoms with Crippen LogP contribution in [0.2, 0.25) is 0 Å². The molecule has 0 aromatic rings. The zero-order chi connectivity index (χ0) is 16.6. The van der Waals surface area contributed by atoms with Crippen molar-refractivity contribution >= 4 is 51.3 Å². The average molecular weight is 459 g/mol. The molecule has 0 radical (unpaired) electrons. The van der Waals surface area contributed by atoms with Crippen LogP contribution in [0, 0.1) is 10.8 Å². The van der Waals surface area contributed by atoms with E-state index < -0.39 is 13.4 Å². The molecule has 122 valence electrons. The second kappa shape index (κ2) is 6.86. The van der Waals surface area contributed by atoms with Crippen LogP contribution in [0.3, 0.4) is 0 Å². The van der Waals surface area contributed by atoms with Gasteiger partial charge in [-0.3, -0.25) is 4.52 Å². The van der Waals surface area contributed by atoms with Crippen molar-refractivity contribution in [1.82, 2.24) is 0 Å². The van der Waals surface area contributed by atoms with Crippen LogP contribution in [0.4, 0.5) is 0 Å². The number of alkyl halides is 3. The lowest BCUT2D eigenvalue weighted by Gasteiger charge is -2.48. The van der Waals surface area contributed by atoms with Crippen molar-refractivity contribution < 1.29 is 18.9 Å². The SMILES string of the molecule is CC(C)(C)C(Br)C(CCl)(OP(=O)(O)O)C(Br)C(C)(C)C. The summed E-state index contributed by atoms with van der Waals surface area (Å²) >= 11 is 13.2. The summed E-state index contributed by atoms with van der Waals surface area (Å²) in [5, 5.41) is 0. The fourth-order valence-corrected chi connectivity index (χ4v) is 5.28. The van der Waals surface area contributed by atoms with Crippen LogP contribution in [0.5, 0.6) is 0 Å². The summed E-state index contributed by atoms with van der Waals surface area (Å²) < 4.78 is 16.6. The molecule has 8 heteroatoms. The van der Waals surface area contributed by atoms with Gasteiger partial charge in [0.2, 0.25) is 0 Å². The van der Waals surface area contributed by atoms with Crippen molar-refractivity contribution in [3.05, 3.63) is 0 Å². The lowest BCUT2D eigenvalue weighted by molar-refractivity contribution is 0.00648. The molecular formula is C12H24Br2ClO4P. The molecule has 0 spiro atoms. The van der Waals surface area contributed by atoms with Crippen molar-refractivity contribution in [2.75, 3.05) is 5.88 Å². The van der Waals surface area contributed by atoms with Crippen LogP contribution in [0.1, 0.15) is 41.5 Å². The Morgan fingerprint density at radius 2 is 1.35 bits per heavy atom. The molecule has 2 atom stereocenters. The van der Waals surface area contributed by atoms with E-state index in [0.717, 1.165) is 0 Å². The van der Waals surface area contributed by atoms with Gasteiger partial charge in [-0.15, -0.1) is 11.6 Å². The first-order valence-corrected chi connectivity index (χ1v) is 10.1. The highest BCUT2D eigenvalue weighted by molar-refractivity contribution is 9.10. The Bertz CT molecular complexity index is 353. The van der Waals surface area contributed by atoms with Crippen LogP contribution >= 0.6 is 51.3 Å². The van der Waals surface area contributed by atoms with Gasteiger partial charge in [0.15, 0.2) is 0 Å². The lowest BCUT2D eigenvalue weighted by Crippen LogP contribution is -2.58. The molecule has 0 saturated carbocycles. The van der Waals surface area contributed by atoms with Gasteiger partial charge in [-0.1, -0.05) is 73.4 Å². The largest absolute Gasteiger partial charge is 0.470 e. The Balaban J connectivity index is 5.94. The highest BCUT2D eigenvalue weighted by Gasteiger charge is 2.55. The number of halogens is 3. The Morgan fingerprint density at radius 3 is 1.50 bits per heavy atom. The molecule has 0 saturated heterocycles. The minimum Gasteiger partial charge on any atom is -0.303 e. The van der Waals surface area contributed by atoms with E-state index >= 15 is 0 Å². The van der Waals surface area contributed by atoms with E-state index in [1.165, 1.54) is 0 Å². The molecule has 0 fully saturated rings. The topological polar surface area (TPSA) is 66.8 Å². The zero-order valence-corrected chi connectivity index (χ0v) is 17.5. The maximum absolute atomic E-state index is 11.4. The van der Waals surface area contributed by atoms with Gasteiger partial charge in [-0.25, -0.2) is 4.57 Å². The Kier molecular flexibility index (Phi) is 7.32. The fourth-order valence-electron chi connectivity index (χ4n) is 2.07. The van der Waals surface area contributed by atoms with Crippen molar-refractivity contribution in [3.63, 3.8) is 0 Å². The molecule has 0 heterocycles. The first-order chi connectivity index (χ1) is 8.58. The molecule has 0 aromatic heterocycles. The fraction of sp³-hybridized carbons (Fsp3) is 1.00. The normalized spacial score (nSPS) is 20.4. The number of phosphoric acid groups is 1. The molecule has 0 aliphatic rings. The molecule has 20 heavy (non-hydrogen) atoms. The predicted octanol–water partition coefficient (Wildman–Crippen LogP) is 4.69. The third-order valence-corrected chi connectivity index (χ3v) is 8.17. The van der Waals surface area contributed by atoms with E-state index in [-0.39, 0.29) is 26.4 Å². The number of hydrogen-bond donors (Lipinski definition) is 2. The number of rotatable bonds is 5. The van der Waals surface area contributed by atoms with E-state index in [4.69, 9.17) is 16.1 Å². The molecule has 0 rings (SSSR count). The van der Waals surface area contributed by atoms with Gasteiger partial charge in [-0.2, -0.15) is 0 Å². The van der Waals surface area contributed by atoms with Crippen molar-refractivity contribution in [3.8, 4) is 0 Å². The summed E-state index contributed by atoms with van der Waals surface area (Å²) in [6, 6.07) is 0. The van der Waals surface area contributed by atoms with Gasteiger partial charge in [-0.05, 0) is 10.8 Å². The standard InChI is InChI=1S/C12H24Br2ClO4P/c1-10(2,3)8(13)12(7-15,19-20(16,17)18)9(14)11(4,5)6/h8-9H,7H2,1-6H3,(H2,16,17,18). The van der Waals surface area contributed by atoms with Crippen LogP contribution in [0.25, 0.3) is 0 Å². The Morgan fingerprint density at radius 1 is 1.05 bits per heavy atom. The van der Waals surface area contributed by atoms with Gasteiger partial charge in [0.05, 0.1) is 15.5 Å². The second-order valence-electron chi connectivity index (χ2n) is 7.13. The monoisotopic (exact) mass is 456 g/mol. The third-order valence-electron chi connectivity index (χ3n) is 2.88. The maximum Gasteiger partial charge on any atom is 0.470 e. The summed E-state index contributed by atoms with van der Waals surface area (Å²) in [5.41, 5.74) is -1.86. The molecule has 0 aromatic carbocycles. The van der Waals surface area contributed by atoms with Crippen LogP contribution in [-0.4, -0.2) is 30.9 Å². The van der Waals surface area contributed by atoms with Gasteiger partial charge in [0.1, 0.15) is 5.60 Å². The van der Waals surface area contributed by atoms with Crippen LogP contribution < -0.4 is 0 Å². The highest BCUT2D eigenvalue weighted by atomic mass is 79.9. The third kappa shape index (κ3) is 5.53. The molecule has 2 unspecified atom stereocenters. The van der Waals surface area contributed by atoms with E-state index in [2.05, 4.69) is 31.9 Å². The smallest absolute Gasteiger partial charge is 0.303 e. The Hall–Kier alpha value is 1.36. The maximum atomic E-state index is 11.4. The number of hydrogen-bond acceptors (Lipinski definition) is 2. The Labute approximate surface area is 143 Å². The van der Waals surface area contributed by atoms with E-state index in [1.54, 1.807) is 0 Å². The molecule has 2 N–H and O–H groups in total. The summed E-state index contributed by atoms with van der Waals surface area (Å²) in [5.74, 6) is -0.0571. The first kappa shape index (κ1) is 21.4. The summed E-state index contributed by atoms with van der Waals surface area (Å²) in [6.45, 7) is 11.7. The molecular weight excluding hydrogens is 434 g/mol. The minimum absolute atomic E-state index is 0.0571. The van der Waals surface area contributed by atoms with Crippen molar-refractivity contribution in [1.29, 1.82) is 0 Å². The lowest BCUT2D eigenvalue weighted by atomic mass is 9.74. The van der Waals surface area contributed by atoms with Crippen LogP contribution in [0.15, 0.2) is 0 Å². The van der Waals surface area contributed by atoms with Gasteiger partial charge in [0, 0.05) is 0 Å². The molecule has 0 amide bonds. The van der Waals surface area contributed by atoms with E-state index in [0.29, 0.717) is 0 Å². The summed E-state index contributed by atoms with van der Waals surface area (Å²) in [4.78, 5) is 17.9. The van der Waals surface area contributed by atoms with Crippen LogP contribution in [-0.2, 0) is 9.09 Å². The number of phosphoric ester groups is 1. The quantitative estimate of drug-likeness (QED) is 0.463. The molecule has 0 bridgehead atoms. The van der Waals surface area contributed by atoms with Crippen molar-refractivity contribution in [2.24, 2.45) is 10.8 Å². The van der Waals surface area contributed by atoms with E-state index in [9.17, 15) is 14.4 Å². The predicted molar refractivity (Wildman–Crippen MR) is 90.9 cm³/mol. The minimum atomic E-state index is -4.70. The molecule has 4 nitrogen and oxygen atoms in total. The summed E-state index contributed by atoms with van der Waals surface area (Å²) in [7, 11) is -4.70. The van der Waals surface area contributed by atoms with Gasteiger partial charge < -0.3 is 9.79 Å².